The quantitative estimate of drug-likeness (QED) is 0.538. The molecular formula is C9H17N. The molecule has 1 aliphatic rings. The molecule has 1 aliphatic heterocycles. The van der Waals surface area contributed by atoms with Crippen molar-refractivity contribution in [3.8, 4) is 0 Å². The van der Waals surface area contributed by atoms with Crippen LogP contribution in [-0.2, 0) is 0 Å². The van der Waals surface area contributed by atoms with Crippen LogP contribution in [0.5, 0.6) is 0 Å². The summed E-state index contributed by atoms with van der Waals surface area (Å²) in [7, 11) is 0. The van der Waals surface area contributed by atoms with Crippen LogP contribution in [0.15, 0.2) is 12.8 Å². The molecule has 0 unspecified atom stereocenters. The van der Waals surface area contributed by atoms with Gasteiger partial charge in [-0.15, -0.1) is 0 Å². The summed E-state index contributed by atoms with van der Waals surface area (Å²) >= 11 is 0. The fourth-order valence-electron chi connectivity index (χ4n) is 1.62. The molecule has 0 aromatic heterocycles. The zero-order chi connectivity index (χ0) is 7.61. The Balaban J connectivity index is 2.47. The highest BCUT2D eigenvalue weighted by molar-refractivity contribution is 4.84. The zero-order valence-corrected chi connectivity index (χ0v) is 7.06. The second-order valence-electron chi connectivity index (χ2n) is 3.92. The maximum atomic E-state index is 3.78. The minimum absolute atomic E-state index is 0.506. The van der Waals surface area contributed by atoms with Crippen molar-refractivity contribution in [3.05, 3.63) is 12.8 Å². The van der Waals surface area contributed by atoms with Gasteiger partial charge in [0.2, 0.25) is 0 Å². The Morgan fingerprint density at radius 2 is 2.20 bits per heavy atom. The van der Waals surface area contributed by atoms with Gasteiger partial charge in [0.25, 0.3) is 0 Å². The van der Waals surface area contributed by atoms with Gasteiger partial charge in [-0.25, -0.2) is 0 Å². The van der Waals surface area contributed by atoms with Crippen LogP contribution in [0.3, 0.4) is 0 Å². The standard InChI is InChI=1S/C9H17N/c1-4-10-7-5-6-9(2,3)8-10/h4H,1,5-8H2,2-3H3. The molecule has 1 nitrogen and oxygen atoms in total. The normalized spacial score (nSPS) is 24.4. The molecule has 1 rings (SSSR count). The van der Waals surface area contributed by atoms with Crippen LogP contribution < -0.4 is 0 Å². The molecule has 0 aromatic rings. The number of likely N-dealkylation sites (tertiary alicyclic amines) is 1. The van der Waals surface area contributed by atoms with Crippen molar-refractivity contribution in [2.24, 2.45) is 5.41 Å². The predicted molar refractivity (Wildman–Crippen MR) is 44.8 cm³/mol. The van der Waals surface area contributed by atoms with Crippen molar-refractivity contribution in [1.82, 2.24) is 4.90 Å². The number of hydrogen-bond donors (Lipinski definition) is 0. The Morgan fingerprint density at radius 3 is 2.60 bits per heavy atom. The van der Waals surface area contributed by atoms with Crippen molar-refractivity contribution >= 4 is 0 Å². The van der Waals surface area contributed by atoms with Crippen molar-refractivity contribution in [2.45, 2.75) is 26.7 Å². The average molecular weight is 139 g/mol. The number of nitrogens with zero attached hydrogens (tertiary/aromatic N) is 1. The summed E-state index contributed by atoms with van der Waals surface area (Å²) in [5.74, 6) is 0. The van der Waals surface area contributed by atoms with E-state index in [0.29, 0.717) is 5.41 Å². The Labute approximate surface area is 63.7 Å². The zero-order valence-electron chi connectivity index (χ0n) is 7.06. The maximum Gasteiger partial charge on any atom is 0.0223 e. The van der Waals surface area contributed by atoms with Crippen LogP contribution in [0.1, 0.15) is 26.7 Å². The molecule has 1 heterocycles. The summed E-state index contributed by atoms with van der Waals surface area (Å²) in [6.45, 7) is 10.8. The van der Waals surface area contributed by atoms with Gasteiger partial charge in [0.05, 0.1) is 0 Å². The fourth-order valence-corrected chi connectivity index (χ4v) is 1.62. The second-order valence-corrected chi connectivity index (χ2v) is 3.92. The molecule has 0 spiro atoms. The third-order valence-corrected chi connectivity index (χ3v) is 2.19. The molecular weight excluding hydrogens is 122 g/mol. The van der Waals surface area contributed by atoms with Crippen molar-refractivity contribution < 1.29 is 0 Å². The minimum atomic E-state index is 0.506. The van der Waals surface area contributed by atoms with E-state index in [0.717, 1.165) is 0 Å². The Morgan fingerprint density at radius 1 is 1.50 bits per heavy atom. The van der Waals surface area contributed by atoms with E-state index < -0.39 is 0 Å². The van der Waals surface area contributed by atoms with Crippen molar-refractivity contribution in [3.63, 3.8) is 0 Å². The maximum absolute atomic E-state index is 3.78. The molecule has 0 bridgehead atoms. The van der Waals surface area contributed by atoms with E-state index in [1.807, 2.05) is 6.20 Å². The van der Waals surface area contributed by atoms with Gasteiger partial charge in [-0.1, -0.05) is 20.4 Å². The van der Waals surface area contributed by atoms with Crippen LogP contribution in [0, 0.1) is 5.41 Å². The number of rotatable bonds is 1. The first-order chi connectivity index (χ1) is 4.64. The molecule has 0 radical (unpaired) electrons. The first-order valence-corrected chi connectivity index (χ1v) is 4.01. The largest absolute Gasteiger partial charge is 0.377 e. The molecule has 1 heteroatoms. The Bertz CT molecular complexity index is 127. The van der Waals surface area contributed by atoms with Crippen molar-refractivity contribution in [2.75, 3.05) is 13.1 Å². The van der Waals surface area contributed by atoms with Gasteiger partial charge in [0, 0.05) is 13.1 Å². The monoisotopic (exact) mass is 139 g/mol. The molecule has 1 saturated heterocycles. The second kappa shape index (κ2) is 2.65. The van der Waals surface area contributed by atoms with Gasteiger partial charge in [-0.3, -0.25) is 0 Å². The molecule has 0 saturated carbocycles. The van der Waals surface area contributed by atoms with Gasteiger partial charge >= 0.3 is 0 Å². The third kappa shape index (κ3) is 1.76. The number of piperidine rings is 1. The van der Waals surface area contributed by atoms with Gasteiger partial charge in [-0.2, -0.15) is 0 Å². The van der Waals surface area contributed by atoms with Crippen LogP contribution in [0.25, 0.3) is 0 Å². The summed E-state index contributed by atoms with van der Waals surface area (Å²) in [4.78, 5) is 2.31. The van der Waals surface area contributed by atoms with Gasteiger partial charge < -0.3 is 4.90 Å². The molecule has 0 amide bonds. The van der Waals surface area contributed by atoms with Gasteiger partial charge in [0.1, 0.15) is 0 Å². The fraction of sp³-hybridized carbons (Fsp3) is 0.778. The summed E-state index contributed by atoms with van der Waals surface area (Å²) in [6.07, 6.45) is 4.64. The van der Waals surface area contributed by atoms with Crippen LogP contribution in [0.4, 0.5) is 0 Å². The summed E-state index contributed by atoms with van der Waals surface area (Å²) in [5.41, 5.74) is 0.506. The molecule has 0 aliphatic carbocycles. The summed E-state index contributed by atoms with van der Waals surface area (Å²) in [5, 5.41) is 0. The smallest absolute Gasteiger partial charge is 0.0223 e. The van der Waals surface area contributed by atoms with E-state index in [-0.39, 0.29) is 0 Å². The van der Waals surface area contributed by atoms with Gasteiger partial charge in [-0.05, 0) is 24.5 Å². The molecule has 0 aromatic carbocycles. The summed E-state index contributed by atoms with van der Waals surface area (Å²) in [6, 6.07) is 0. The predicted octanol–water partition coefficient (Wildman–Crippen LogP) is 2.25. The Hall–Kier alpha value is -0.460. The van der Waals surface area contributed by atoms with E-state index in [1.165, 1.54) is 25.9 Å². The Kier molecular flexibility index (Phi) is 2.02. The highest BCUT2D eigenvalue weighted by atomic mass is 15.1. The molecule has 1 fully saturated rings. The molecule has 0 atom stereocenters. The lowest BCUT2D eigenvalue weighted by Crippen LogP contribution is -2.36. The van der Waals surface area contributed by atoms with Crippen molar-refractivity contribution in [1.29, 1.82) is 0 Å². The van der Waals surface area contributed by atoms with E-state index in [4.69, 9.17) is 0 Å². The van der Waals surface area contributed by atoms with Gasteiger partial charge in [0.15, 0.2) is 0 Å². The summed E-state index contributed by atoms with van der Waals surface area (Å²) < 4.78 is 0. The average Bonchev–Trinajstić information content (AvgIpc) is 1.86. The van der Waals surface area contributed by atoms with E-state index in [1.54, 1.807) is 0 Å². The molecule has 58 valence electrons. The lowest BCUT2D eigenvalue weighted by molar-refractivity contribution is 0.161. The minimum Gasteiger partial charge on any atom is -0.377 e. The number of hydrogen-bond acceptors (Lipinski definition) is 1. The van der Waals surface area contributed by atoms with Crippen LogP contribution in [0.2, 0.25) is 0 Å². The third-order valence-electron chi connectivity index (χ3n) is 2.19. The highest BCUT2D eigenvalue weighted by Gasteiger charge is 2.23. The van der Waals surface area contributed by atoms with E-state index in [2.05, 4.69) is 25.3 Å². The molecule has 0 N–H and O–H groups in total. The first-order valence-electron chi connectivity index (χ1n) is 4.01. The van der Waals surface area contributed by atoms with E-state index in [9.17, 15) is 0 Å². The highest BCUT2D eigenvalue weighted by Crippen LogP contribution is 2.27. The SMILES string of the molecule is C=CN1CCCC(C)(C)C1. The van der Waals surface area contributed by atoms with Crippen LogP contribution >= 0.6 is 0 Å². The van der Waals surface area contributed by atoms with E-state index >= 15 is 0 Å². The lowest BCUT2D eigenvalue weighted by atomic mass is 9.84. The topological polar surface area (TPSA) is 3.24 Å². The van der Waals surface area contributed by atoms with Crippen LogP contribution in [-0.4, -0.2) is 18.0 Å². The first kappa shape index (κ1) is 7.64. The molecule has 10 heavy (non-hydrogen) atoms. The lowest BCUT2D eigenvalue weighted by Gasteiger charge is -2.37.